The minimum absolute atomic E-state index is 0.250. The van der Waals surface area contributed by atoms with E-state index in [1.807, 2.05) is 19.3 Å². The number of carbonyl (C=O) groups is 1. The second kappa shape index (κ2) is 9.74. The maximum atomic E-state index is 8.36. The van der Waals surface area contributed by atoms with Crippen molar-refractivity contribution in [2.45, 2.75) is 26.8 Å². The van der Waals surface area contributed by atoms with Crippen LogP contribution in [0.3, 0.4) is 0 Å². The summed E-state index contributed by atoms with van der Waals surface area (Å²) in [5, 5.41) is 10.4. The SMILES string of the molecule is Cc1ncc(CNCC2CCN(c3ccccc3C)C2)cn1.O=CO. The molecule has 6 heteroatoms. The van der Waals surface area contributed by atoms with E-state index in [-0.39, 0.29) is 6.47 Å². The van der Waals surface area contributed by atoms with Crippen molar-refractivity contribution in [2.75, 3.05) is 24.5 Å². The first kappa shape index (κ1) is 18.9. The van der Waals surface area contributed by atoms with Gasteiger partial charge >= 0.3 is 0 Å². The van der Waals surface area contributed by atoms with Gasteiger partial charge in [-0.25, -0.2) is 9.97 Å². The highest BCUT2D eigenvalue weighted by atomic mass is 16.3. The summed E-state index contributed by atoms with van der Waals surface area (Å²) in [6, 6.07) is 8.66. The van der Waals surface area contributed by atoms with Gasteiger partial charge in [-0.1, -0.05) is 18.2 Å². The van der Waals surface area contributed by atoms with Gasteiger partial charge in [0, 0.05) is 49.8 Å². The monoisotopic (exact) mass is 342 g/mol. The fraction of sp³-hybridized carbons (Fsp3) is 0.421. The van der Waals surface area contributed by atoms with Crippen LogP contribution in [0.15, 0.2) is 36.7 Å². The highest BCUT2D eigenvalue weighted by molar-refractivity contribution is 5.53. The van der Waals surface area contributed by atoms with Gasteiger partial charge in [0.05, 0.1) is 0 Å². The fourth-order valence-electron chi connectivity index (χ4n) is 3.07. The van der Waals surface area contributed by atoms with Gasteiger partial charge in [-0.3, -0.25) is 4.79 Å². The Labute approximate surface area is 148 Å². The third-order valence-electron chi connectivity index (χ3n) is 4.34. The molecule has 0 saturated carbocycles. The molecule has 1 fully saturated rings. The minimum atomic E-state index is -0.250. The zero-order chi connectivity index (χ0) is 18.1. The van der Waals surface area contributed by atoms with Gasteiger partial charge < -0.3 is 15.3 Å². The molecule has 2 N–H and O–H groups in total. The first-order valence-electron chi connectivity index (χ1n) is 8.50. The van der Waals surface area contributed by atoms with Crippen molar-refractivity contribution in [1.82, 2.24) is 15.3 Å². The number of aryl methyl sites for hydroxylation is 2. The molecule has 2 aromatic rings. The number of hydrogen-bond donors (Lipinski definition) is 2. The Balaban J connectivity index is 0.000000701. The highest BCUT2D eigenvalue weighted by Crippen LogP contribution is 2.26. The Bertz CT molecular complexity index is 661. The normalized spacial score (nSPS) is 16.2. The lowest BCUT2D eigenvalue weighted by molar-refractivity contribution is -0.122. The number of aromatic nitrogens is 2. The summed E-state index contributed by atoms with van der Waals surface area (Å²) < 4.78 is 0. The summed E-state index contributed by atoms with van der Waals surface area (Å²) in [6.07, 6.45) is 5.07. The van der Waals surface area contributed by atoms with E-state index < -0.39 is 0 Å². The Kier molecular flexibility index (Phi) is 7.35. The largest absolute Gasteiger partial charge is 0.483 e. The standard InChI is InChI=1S/C18H24N4.CH2O2/c1-14-5-3-4-6-18(14)22-8-7-16(13-22)9-19-10-17-11-20-15(2)21-12-17;2-1-3/h3-6,11-12,16,19H,7-10,13H2,1-2H3;1H,(H,2,3). The molecule has 6 nitrogen and oxygen atoms in total. The molecular weight excluding hydrogens is 316 g/mol. The first-order valence-corrected chi connectivity index (χ1v) is 8.50. The zero-order valence-corrected chi connectivity index (χ0v) is 14.9. The second-order valence-corrected chi connectivity index (χ2v) is 6.26. The summed E-state index contributed by atoms with van der Waals surface area (Å²) in [7, 11) is 0. The summed E-state index contributed by atoms with van der Waals surface area (Å²) in [5.74, 6) is 1.54. The number of anilines is 1. The molecule has 1 unspecified atom stereocenters. The van der Waals surface area contributed by atoms with Gasteiger partial charge in [-0.15, -0.1) is 0 Å². The van der Waals surface area contributed by atoms with Crippen molar-refractivity contribution in [1.29, 1.82) is 0 Å². The predicted octanol–water partition coefficient (Wildman–Crippen LogP) is 2.41. The summed E-state index contributed by atoms with van der Waals surface area (Å²) in [6.45, 7) is 8.05. The van der Waals surface area contributed by atoms with Gasteiger partial charge in [-0.05, 0) is 37.8 Å². The smallest absolute Gasteiger partial charge is 0.290 e. The fourth-order valence-corrected chi connectivity index (χ4v) is 3.07. The van der Waals surface area contributed by atoms with Gasteiger partial charge in [0.1, 0.15) is 5.82 Å². The van der Waals surface area contributed by atoms with E-state index in [1.54, 1.807) is 0 Å². The average Bonchev–Trinajstić information content (AvgIpc) is 3.06. The maximum absolute atomic E-state index is 8.36. The lowest BCUT2D eigenvalue weighted by Crippen LogP contribution is -2.26. The molecule has 1 atom stereocenters. The van der Waals surface area contributed by atoms with E-state index in [4.69, 9.17) is 9.90 Å². The zero-order valence-electron chi connectivity index (χ0n) is 14.9. The van der Waals surface area contributed by atoms with E-state index in [1.165, 1.54) is 17.7 Å². The molecule has 25 heavy (non-hydrogen) atoms. The average molecular weight is 342 g/mol. The molecular formula is C19H26N4O2. The molecule has 1 aliphatic heterocycles. The van der Waals surface area contributed by atoms with Gasteiger partial charge in [0.15, 0.2) is 0 Å². The number of benzene rings is 1. The lowest BCUT2D eigenvalue weighted by Gasteiger charge is -2.21. The lowest BCUT2D eigenvalue weighted by atomic mass is 10.1. The van der Waals surface area contributed by atoms with Gasteiger partial charge in [-0.2, -0.15) is 0 Å². The molecule has 0 radical (unpaired) electrons. The van der Waals surface area contributed by atoms with E-state index in [0.717, 1.165) is 37.6 Å². The molecule has 0 bridgehead atoms. The van der Waals surface area contributed by atoms with Crippen LogP contribution in [0.2, 0.25) is 0 Å². The van der Waals surface area contributed by atoms with E-state index in [0.29, 0.717) is 5.92 Å². The Hall–Kier alpha value is -2.47. The summed E-state index contributed by atoms with van der Waals surface area (Å²) in [5.41, 5.74) is 3.91. The number of hydrogen-bond acceptors (Lipinski definition) is 5. The Morgan fingerprint density at radius 1 is 1.28 bits per heavy atom. The molecule has 1 aromatic heterocycles. The topological polar surface area (TPSA) is 78.4 Å². The van der Waals surface area contributed by atoms with Crippen LogP contribution in [-0.2, 0) is 11.3 Å². The number of para-hydroxylation sites is 1. The molecule has 0 amide bonds. The quantitative estimate of drug-likeness (QED) is 0.813. The van der Waals surface area contributed by atoms with E-state index >= 15 is 0 Å². The van der Waals surface area contributed by atoms with Crippen LogP contribution in [-0.4, -0.2) is 41.2 Å². The van der Waals surface area contributed by atoms with Crippen molar-refractivity contribution in [3.63, 3.8) is 0 Å². The van der Waals surface area contributed by atoms with Crippen molar-refractivity contribution in [2.24, 2.45) is 5.92 Å². The Morgan fingerprint density at radius 3 is 2.64 bits per heavy atom. The predicted molar refractivity (Wildman–Crippen MR) is 98.7 cm³/mol. The van der Waals surface area contributed by atoms with Crippen LogP contribution < -0.4 is 10.2 Å². The van der Waals surface area contributed by atoms with Crippen molar-refractivity contribution < 1.29 is 9.90 Å². The van der Waals surface area contributed by atoms with Crippen LogP contribution in [0.1, 0.15) is 23.4 Å². The highest BCUT2D eigenvalue weighted by Gasteiger charge is 2.23. The summed E-state index contributed by atoms with van der Waals surface area (Å²) >= 11 is 0. The molecule has 1 aromatic carbocycles. The molecule has 134 valence electrons. The molecule has 3 rings (SSSR count). The molecule has 0 spiro atoms. The van der Waals surface area contributed by atoms with Crippen LogP contribution in [0.5, 0.6) is 0 Å². The minimum Gasteiger partial charge on any atom is -0.483 e. The number of carboxylic acid groups (broad SMARTS) is 1. The van der Waals surface area contributed by atoms with Crippen molar-refractivity contribution in [3.05, 3.63) is 53.6 Å². The summed E-state index contributed by atoms with van der Waals surface area (Å²) in [4.78, 5) is 19.3. The van der Waals surface area contributed by atoms with Crippen LogP contribution in [0.4, 0.5) is 5.69 Å². The van der Waals surface area contributed by atoms with Gasteiger partial charge in [0.25, 0.3) is 6.47 Å². The number of rotatable bonds is 5. The molecule has 2 heterocycles. The molecule has 1 aliphatic rings. The second-order valence-electron chi connectivity index (χ2n) is 6.26. The molecule has 0 aliphatic carbocycles. The van der Waals surface area contributed by atoms with Gasteiger partial charge in [0.2, 0.25) is 0 Å². The first-order chi connectivity index (χ1) is 12.1. The number of nitrogens with one attached hydrogen (secondary N) is 1. The third-order valence-corrected chi connectivity index (χ3v) is 4.34. The van der Waals surface area contributed by atoms with Crippen LogP contribution >= 0.6 is 0 Å². The maximum Gasteiger partial charge on any atom is 0.290 e. The third kappa shape index (κ3) is 5.83. The van der Waals surface area contributed by atoms with Crippen LogP contribution in [0.25, 0.3) is 0 Å². The van der Waals surface area contributed by atoms with E-state index in [2.05, 4.69) is 51.4 Å². The number of nitrogens with zero attached hydrogens (tertiary/aromatic N) is 3. The Morgan fingerprint density at radius 2 is 1.96 bits per heavy atom. The van der Waals surface area contributed by atoms with Crippen molar-refractivity contribution in [3.8, 4) is 0 Å². The molecule has 1 saturated heterocycles. The van der Waals surface area contributed by atoms with Crippen LogP contribution in [0, 0.1) is 19.8 Å². The van der Waals surface area contributed by atoms with E-state index in [9.17, 15) is 0 Å². The van der Waals surface area contributed by atoms with Crippen molar-refractivity contribution >= 4 is 12.2 Å².